The molecule has 0 radical (unpaired) electrons. The number of hydrogen-bond acceptors (Lipinski definition) is 8. The molecule has 0 N–H and O–H groups in total. The molecule has 278 valence electrons. The Morgan fingerprint density at radius 1 is 0.393 bits per heavy atom. The van der Waals surface area contributed by atoms with Gasteiger partial charge in [-0.05, 0) is 131 Å². The molecule has 0 saturated carbocycles. The van der Waals surface area contributed by atoms with Crippen molar-refractivity contribution in [3.05, 3.63) is 158 Å². The highest BCUT2D eigenvalue weighted by atomic mass is 16.6. The van der Waals surface area contributed by atoms with E-state index in [-0.39, 0.29) is 28.2 Å². The molecule has 0 saturated heterocycles. The lowest BCUT2D eigenvalue weighted by Gasteiger charge is -2.15. The van der Waals surface area contributed by atoms with Gasteiger partial charge in [-0.3, -0.25) is 0 Å². The molecule has 8 nitrogen and oxygen atoms in total. The van der Waals surface area contributed by atoms with E-state index < -0.39 is 23.9 Å². The van der Waals surface area contributed by atoms with Crippen LogP contribution in [0, 0.1) is 0 Å². The molecule has 0 unspecified atom stereocenters. The zero-order valence-corrected chi connectivity index (χ0v) is 31.5. The van der Waals surface area contributed by atoms with Gasteiger partial charge in [-0.1, -0.05) is 87.0 Å². The van der Waals surface area contributed by atoms with Crippen molar-refractivity contribution in [1.82, 2.24) is 0 Å². The Morgan fingerprint density at radius 2 is 0.893 bits per heavy atom. The summed E-state index contributed by atoms with van der Waals surface area (Å²) < 4.78 is 22.2. The van der Waals surface area contributed by atoms with Gasteiger partial charge in [-0.25, -0.2) is 19.2 Å². The minimum Gasteiger partial charge on any atom is -0.423 e. The van der Waals surface area contributed by atoms with E-state index in [0.717, 1.165) is 49.4 Å². The highest BCUT2D eigenvalue weighted by Crippen LogP contribution is 2.40. The molecule has 0 spiro atoms. The largest absolute Gasteiger partial charge is 0.423 e. The molecule has 6 rings (SSSR count). The van der Waals surface area contributed by atoms with Crippen LogP contribution in [0.5, 0.6) is 23.0 Å². The molecule has 0 aromatic heterocycles. The fraction of sp³-hybridized carbons (Fsp3) is 0.0833. The van der Waals surface area contributed by atoms with E-state index in [4.69, 9.17) is 18.9 Å². The zero-order valence-electron chi connectivity index (χ0n) is 31.5. The van der Waals surface area contributed by atoms with Crippen molar-refractivity contribution < 1.29 is 38.1 Å². The molecular weight excluding hydrogens is 705 g/mol. The molecule has 0 atom stereocenters. The summed E-state index contributed by atoms with van der Waals surface area (Å²) in [5, 5.41) is 3.67. The van der Waals surface area contributed by atoms with Crippen LogP contribution in [0.1, 0.15) is 27.7 Å². The first-order valence-electron chi connectivity index (χ1n) is 17.5. The molecule has 0 heterocycles. The van der Waals surface area contributed by atoms with Crippen LogP contribution in [0.25, 0.3) is 54.9 Å². The first kappa shape index (κ1) is 38.4. The number of fused-ring (bicyclic) bond motifs is 3. The van der Waals surface area contributed by atoms with Crippen LogP contribution in [0.3, 0.4) is 0 Å². The van der Waals surface area contributed by atoms with Crippen molar-refractivity contribution >= 4 is 45.4 Å². The quantitative estimate of drug-likeness (QED) is 0.0559. The number of esters is 4. The van der Waals surface area contributed by atoms with E-state index in [2.05, 4.69) is 32.4 Å². The Labute approximate surface area is 324 Å². The maximum absolute atomic E-state index is 12.8. The van der Waals surface area contributed by atoms with Crippen LogP contribution in [0.2, 0.25) is 0 Å². The summed E-state index contributed by atoms with van der Waals surface area (Å²) in [5.74, 6) is -1.49. The minimum absolute atomic E-state index is 0.0441. The van der Waals surface area contributed by atoms with E-state index in [0.29, 0.717) is 22.6 Å². The topological polar surface area (TPSA) is 105 Å². The predicted molar refractivity (Wildman–Crippen MR) is 220 cm³/mol. The molecule has 0 fully saturated rings. The Bertz CT molecular complexity index is 2660. The minimum atomic E-state index is -0.671. The third kappa shape index (κ3) is 8.40. The zero-order chi connectivity index (χ0) is 40.3. The molecule has 56 heavy (non-hydrogen) atoms. The predicted octanol–water partition coefficient (Wildman–Crippen LogP) is 10.9. The lowest BCUT2D eigenvalue weighted by Crippen LogP contribution is -2.12. The summed E-state index contributed by atoms with van der Waals surface area (Å²) in [4.78, 5) is 49.7. The Hall–Kier alpha value is -7.32. The average Bonchev–Trinajstić information content (AvgIpc) is 3.18. The van der Waals surface area contributed by atoms with Gasteiger partial charge in [0.2, 0.25) is 0 Å². The number of carbonyl (C=O) groups is 4. The van der Waals surface area contributed by atoms with Crippen molar-refractivity contribution in [1.29, 1.82) is 0 Å². The summed E-state index contributed by atoms with van der Waals surface area (Å²) >= 11 is 0. The molecule has 0 aliphatic heterocycles. The molecular formula is C48H38O8. The fourth-order valence-electron chi connectivity index (χ4n) is 5.82. The summed E-state index contributed by atoms with van der Waals surface area (Å²) in [6.45, 7) is 20.9. The highest BCUT2D eigenvalue weighted by molar-refractivity contribution is 6.13. The normalized spacial score (nSPS) is 10.7. The lowest BCUT2D eigenvalue weighted by molar-refractivity contribution is -0.132. The second-order valence-corrected chi connectivity index (χ2v) is 13.5. The number of ether oxygens (including phenoxy) is 4. The molecule has 6 aromatic rings. The van der Waals surface area contributed by atoms with E-state index in [1.165, 1.54) is 13.8 Å². The number of hydrogen-bond donors (Lipinski definition) is 0. The van der Waals surface area contributed by atoms with Crippen LogP contribution in [-0.2, 0) is 19.2 Å². The van der Waals surface area contributed by atoms with Crippen molar-refractivity contribution in [2.45, 2.75) is 27.7 Å². The van der Waals surface area contributed by atoms with Gasteiger partial charge < -0.3 is 18.9 Å². The SMILES string of the molecule is C=C(C)C(=O)Oc1ccc(-c2ccc3c(ccc4c(-c5cccc(-c6ccc(OC(=O)C(=C)C)c(OC(=O)C(=C)C)c6)c5)cc(OC(=O)C(=C)C)cc43)c2)cc1. The van der Waals surface area contributed by atoms with Crippen LogP contribution < -0.4 is 18.9 Å². The summed E-state index contributed by atoms with van der Waals surface area (Å²) in [7, 11) is 0. The highest BCUT2D eigenvalue weighted by Gasteiger charge is 2.18. The van der Waals surface area contributed by atoms with E-state index in [1.807, 2.05) is 72.8 Å². The third-order valence-electron chi connectivity index (χ3n) is 8.78. The van der Waals surface area contributed by atoms with E-state index in [9.17, 15) is 19.2 Å². The maximum Gasteiger partial charge on any atom is 0.338 e. The molecule has 0 aliphatic rings. The number of carbonyl (C=O) groups excluding carboxylic acids is 4. The summed E-state index contributed by atoms with van der Waals surface area (Å²) in [6.07, 6.45) is 0. The average molecular weight is 743 g/mol. The third-order valence-corrected chi connectivity index (χ3v) is 8.78. The van der Waals surface area contributed by atoms with Crippen molar-refractivity contribution in [3.63, 3.8) is 0 Å². The number of rotatable bonds is 11. The van der Waals surface area contributed by atoms with Crippen LogP contribution in [0.4, 0.5) is 0 Å². The van der Waals surface area contributed by atoms with Crippen LogP contribution in [0.15, 0.2) is 158 Å². The van der Waals surface area contributed by atoms with Gasteiger partial charge in [-0.2, -0.15) is 0 Å². The lowest BCUT2D eigenvalue weighted by atomic mass is 9.91. The summed E-state index contributed by atoms with van der Waals surface area (Å²) in [6, 6.07) is 33.8. The van der Waals surface area contributed by atoms with Gasteiger partial charge in [-0.15, -0.1) is 0 Å². The molecule has 8 heteroatoms. The van der Waals surface area contributed by atoms with Crippen molar-refractivity contribution in [3.8, 4) is 56.4 Å². The first-order chi connectivity index (χ1) is 26.7. The Morgan fingerprint density at radius 3 is 1.54 bits per heavy atom. The van der Waals surface area contributed by atoms with E-state index in [1.54, 1.807) is 44.2 Å². The van der Waals surface area contributed by atoms with Gasteiger partial charge in [0.25, 0.3) is 0 Å². The summed E-state index contributed by atoms with van der Waals surface area (Å²) in [5.41, 5.74) is 5.92. The van der Waals surface area contributed by atoms with Crippen LogP contribution >= 0.6 is 0 Å². The van der Waals surface area contributed by atoms with Crippen molar-refractivity contribution in [2.24, 2.45) is 0 Å². The molecule has 0 bridgehead atoms. The second-order valence-electron chi connectivity index (χ2n) is 13.5. The van der Waals surface area contributed by atoms with E-state index >= 15 is 0 Å². The second kappa shape index (κ2) is 16.0. The van der Waals surface area contributed by atoms with Crippen LogP contribution in [-0.4, -0.2) is 23.9 Å². The Kier molecular flexibility index (Phi) is 10.9. The Balaban J connectivity index is 1.44. The molecule has 0 aliphatic carbocycles. The van der Waals surface area contributed by atoms with Gasteiger partial charge in [0, 0.05) is 22.3 Å². The maximum atomic E-state index is 12.8. The van der Waals surface area contributed by atoms with Gasteiger partial charge >= 0.3 is 23.9 Å². The smallest absolute Gasteiger partial charge is 0.338 e. The standard InChI is InChI=1S/C48H38O8/c1-27(2)45(49)53-37-17-12-31(13-18-37)33-14-19-39-36(23-33)15-20-40-41(25-38(26-42(39)40)54-46(50)28(3)4)35-11-9-10-32(22-35)34-16-21-43(55-47(51)29(5)6)44(24-34)56-48(52)30(7)8/h9-26H,1,3,5,7H2,2,4,6,8H3. The van der Waals surface area contributed by atoms with Gasteiger partial charge in [0.1, 0.15) is 11.5 Å². The van der Waals surface area contributed by atoms with Gasteiger partial charge in [0.05, 0.1) is 0 Å². The molecule has 6 aromatic carbocycles. The number of benzene rings is 6. The monoisotopic (exact) mass is 742 g/mol. The van der Waals surface area contributed by atoms with Crippen molar-refractivity contribution in [2.75, 3.05) is 0 Å². The fourth-order valence-corrected chi connectivity index (χ4v) is 5.82. The van der Waals surface area contributed by atoms with Gasteiger partial charge in [0.15, 0.2) is 11.5 Å². The first-order valence-corrected chi connectivity index (χ1v) is 17.5. The molecule has 0 amide bonds.